The van der Waals surface area contributed by atoms with Gasteiger partial charge < -0.3 is 10.3 Å². The zero-order chi connectivity index (χ0) is 13.6. The SMILES string of the molecule is Cc1ccc(N)c(-c2nc3ccc(Cl)cc3n2C)c1. The number of benzene rings is 2. The Hall–Kier alpha value is -2.00. The van der Waals surface area contributed by atoms with Gasteiger partial charge in [-0.1, -0.05) is 23.2 Å². The molecular formula is C15H14ClN3. The van der Waals surface area contributed by atoms with Crippen LogP contribution in [0.1, 0.15) is 5.56 Å². The summed E-state index contributed by atoms with van der Waals surface area (Å²) >= 11 is 6.04. The number of fused-ring (bicyclic) bond motifs is 1. The van der Waals surface area contributed by atoms with Crippen molar-refractivity contribution in [1.82, 2.24) is 9.55 Å². The Balaban J connectivity index is 2.31. The number of nitrogen functional groups attached to an aromatic ring is 1. The van der Waals surface area contributed by atoms with Crippen molar-refractivity contribution in [1.29, 1.82) is 0 Å². The van der Waals surface area contributed by atoms with Gasteiger partial charge in [-0.3, -0.25) is 0 Å². The third-order valence-corrected chi connectivity index (χ3v) is 3.53. The first kappa shape index (κ1) is 12.1. The number of rotatable bonds is 1. The van der Waals surface area contributed by atoms with E-state index in [2.05, 4.69) is 11.1 Å². The summed E-state index contributed by atoms with van der Waals surface area (Å²) in [5, 5.41) is 0.708. The van der Waals surface area contributed by atoms with Crippen LogP contribution in [0.2, 0.25) is 5.02 Å². The predicted octanol–water partition coefficient (Wildman–Crippen LogP) is 3.78. The van der Waals surface area contributed by atoms with E-state index in [1.165, 1.54) is 0 Å². The smallest absolute Gasteiger partial charge is 0.142 e. The van der Waals surface area contributed by atoms with E-state index in [1.54, 1.807) is 0 Å². The molecule has 0 atom stereocenters. The van der Waals surface area contributed by atoms with Crippen molar-refractivity contribution in [3.8, 4) is 11.4 Å². The zero-order valence-electron chi connectivity index (χ0n) is 10.8. The van der Waals surface area contributed by atoms with Crippen LogP contribution in [0.4, 0.5) is 5.69 Å². The van der Waals surface area contributed by atoms with Crippen LogP contribution >= 0.6 is 11.6 Å². The summed E-state index contributed by atoms with van der Waals surface area (Å²) in [6, 6.07) is 11.7. The summed E-state index contributed by atoms with van der Waals surface area (Å²) < 4.78 is 2.02. The number of hydrogen-bond acceptors (Lipinski definition) is 2. The molecule has 1 heterocycles. The molecule has 0 saturated carbocycles. The van der Waals surface area contributed by atoms with Crippen LogP contribution in [0.15, 0.2) is 36.4 Å². The van der Waals surface area contributed by atoms with Gasteiger partial charge >= 0.3 is 0 Å². The molecule has 2 N–H and O–H groups in total. The van der Waals surface area contributed by atoms with Crippen LogP contribution in [0, 0.1) is 6.92 Å². The Morgan fingerprint density at radius 2 is 1.95 bits per heavy atom. The Labute approximate surface area is 116 Å². The largest absolute Gasteiger partial charge is 0.398 e. The molecule has 0 aliphatic rings. The summed E-state index contributed by atoms with van der Waals surface area (Å²) in [5.41, 5.74) is 10.8. The van der Waals surface area contributed by atoms with E-state index < -0.39 is 0 Å². The molecule has 0 unspecified atom stereocenters. The predicted molar refractivity (Wildman–Crippen MR) is 80.3 cm³/mol. The average molecular weight is 272 g/mol. The van der Waals surface area contributed by atoms with Crippen molar-refractivity contribution in [3.05, 3.63) is 47.0 Å². The van der Waals surface area contributed by atoms with Crippen molar-refractivity contribution in [2.24, 2.45) is 7.05 Å². The molecule has 3 rings (SSSR count). The number of nitrogens with zero attached hydrogens (tertiary/aromatic N) is 2. The van der Waals surface area contributed by atoms with Gasteiger partial charge in [-0.25, -0.2) is 4.98 Å². The molecule has 0 aliphatic heterocycles. The number of halogens is 1. The quantitative estimate of drug-likeness (QED) is 0.685. The van der Waals surface area contributed by atoms with Crippen LogP contribution in [-0.4, -0.2) is 9.55 Å². The van der Waals surface area contributed by atoms with Crippen molar-refractivity contribution in [2.75, 3.05) is 5.73 Å². The normalized spacial score (nSPS) is 11.1. The fraction of sp³-hybridized carbons (Fsp3) is 0.133. The van der Waals surface area contributed by atoms with E-state index >= 15 is 0 Å². The molecule has 96 valence electrons. The van der Waals surface area contributed by atoms with E-state index in [9.17, 15) is 0 Å². The monoisotopic (exact) mass is 271 g/mol. The first-order valence-corrected chi connectivity index (χ1v) is 6.42. The maximum absolute atomic E-state index is 6.06. The molecular weight excluding hydrogens is 258 g/mol. The molecule has 0 amide bonds. The van der Waals surface area contributed by atoms with E-state index in [-0.39, 0.29) is 0 Å². The Morgan fingerprint density at radius 3 is 2.74 bits per heavy atom. The summed E-state index contributed by atoms with van der Waals surface area (Å²) in [4.78, 5) is 4.65. The lowest BCUT2D eigenvalue weighted by molar-refractivity contribution is 0.959. The highest BCUT2D eigenvalue weighted by Crippen LogP contribution is 2.29. The first-order chi connectivity index (χ1) is 9.06. The Bertz CT molecular complexity index is 774. The minimum Gasteiger partial charge on any atom is -0.398 e. The molecule has 2 aromatic carbocycles. The standard InChI is InChI=1S/C15H14ClN3/c1-9-3-5-12(17)11(7-9)15-18-13-6-4-10(16)8-14(13)19(15)2/h3-8H,17H2,1-2H3. The summed E-state index contributed by atoms with van der Waals surface area (Å²) in [6.45, 7) is 2.04. The van der Waals surface area contributed by atoms with Crippen molar-refractivity contribution < 1.29 is 0 Å². The highest BCUT2D eigenvalue weighted by molar-refractivity contribution is 6.31. The lowest BCUT2D eigenvalue weighted by atomic mass is 10.1. The van der Waals surface area contributed by atoms with Gasteiger partial charge in [0, 0.05) is 23.3 Å². The highest BCUT2D eigenvalue weighted by atomic mass is 35.5. The van der Waals surface area contributed by atoms with Gasteiger partial charge in [0.1, 0.15) is 5.82 Å². The molecule has 3 nitrogen and oxygen atoms in total. The molecule has 0 saturated heterocycles. The van der Waals surface area contributed by atoms with E-state index in [0.29, 0.717) is 5.02 Å². The summed E-state index contributed by atoms with van der Waals surface area (Å²) in [5.74, 6) is 0.860. The van der Waals surface area contributed by atoms with Gasteiger partial charge in [0.05, 0.1) is 11.0 Å². The number of anilines is 1. The summed E-state index contributed by atoms with van der Waals surface area (Å²) in [7, 11) is 1.97. The molecule has 0 aliphatic carbocycles. The highest BCUT2D eigenvalue weighted by Gasteiger charge is 2.12. The lowest BCUT2D eigenvalue weighted by Crippen LogP contribution is -1.97. The van der Waals surface area contributed by atoms with Crippen LogP contribution in [-0.2, 0) is 7.05 Å². The third-order valence-electron chi connectivity index (χ3n) is 3.29. The number of aromatic nitrogens is 2. The minimum absolute atomic E-state index is 0.708. The van der Waals surface area contributed by atoms with E-state index in [4.69, 9.17) is 17.3 Å². The van der Waals surface area contributed by atoms with Gasteiger partial charge in [-0.15, -0.1) is 0 Å². The van der Waals surface area contributed by atoms with E-state index in [1.807, 2.05) is 48.9 Å². The molecule has 1 aromatic heterocycles. The molecule has 0 spiro atoms. The maximum atomic E-state index is 6.06. The van der Waals surface area contributed by atoms with Gasteiger partial charge in [0.2, 0.25) is 0 Å². The van der Waals surface area contributed by atoms with Gasteiger partial charge in [-0.05, 0) is 37.3 Å². The molecule has 3 aromatic rings. The van der Waals surface area contributed by atoms with Crippen LogP contribution in [0.3, 0.4) is 0 Å². The Kier molecular flexibility index (Phi) is 2.72. The molecule has 4 heteroatoms. The van der Waals surface area contributed by atoms with Crippen molar-refractivity contribution >= 4 is 28.3 Å². The number of imidazole rings is 1. The first-order valence-electron chi connectivity index (χ1n) is 6.05. The van der Waals surface area contributed by atoms with E-state index in [0.717, 1.165) is 33.7 Å². The molecule has 0 radical (unpaired) electrons. The van der Waals surface area contributed by atoms with Gasteiger partial charge in [0.25, 0.3) is 0 Å². The average Bonchev–Trinajstić information content (AvgIpc) is 2.70. The van der Waals surface area contributed by atoms with Crippen LogP contribution < -0.4 is 5.73 Å². The minimum atomic E-state index is 0.708. The molecule has 19 heavy (non-hydrogen) atoms. The molecule has 0 bridgehead atoms. The Morgan fingerprint density at radius 1 is 1.16 bits per heavy atom. The number of hydrogen-bond donors (Lipinski definition) is 1. The number of aryl methyl sites for hydroxylation is 2. The number of nitrogens with two attached hydrogens (primary N) is 1. The maximum Gasteiger partial charge on any atom is 0.142 e. The van der Waals surface area contributed by atoms with Crippen molar-refractivity contribution in [2.45, 2.75) is 6.92 Å². The second kappa shape index (κ2) is 4.28. The van der Waals surface area contributed by atoms with Gasteiger partial charge in [-0.2, -0.15) is 0 Å². The topological polar surface area (TPSA) is 43.8 Å². The third kappa shape index (κ3) is 1.96. The van der Waals surface area contributed by atoms with Crippen molar-refractivity contribution in [3.63, 3.8) is 0 Å². The fourth-order valence-corrected chi connectivity index (χ4v) is 2.43. The second-order valence-corrected chi connectivity index (χ2v) is 5.15. The summed E-state index contributed by atoms with van der Waals surface area (Å²) in [6.07, 6.45) is 0. The second-order valence-electron chi connectivity index (χ2n) is 4.72. The fourth-order valence-electron chi connectivity index (χ4n) is 2.27. The van der Waals surface area contributed by atoms with Crippen LogP contribution in [0.25, 0.3) is 22.4 Å². The molecule has 0 fully saturated rings. The van der Waals surface area contributed by atoms with Crippen LogP contribution in [0.5, 0.6) is 0 Å². The van der Waals surface area contributed by atoms with Gasteiger partial charge in [0.15, 0.2) is 0 Å². The zero-order valence-corrected chi connectivity index (χ0v) is 11.6. The lowest BCUT2D eigenvalue weighted by Gasteiger charge is -2.07.